The highest BCUT2D eigenvalue weighted by atomic mass is 32.2. The Balaban J connectivity index is 2.87. The first kappa shape index (κ1) is 13.8. The number of thiocarbonyl (C=S) groups is 1. The molecule has 16 heavy (non-hydrogen) atoms. The first-order valence-electron chi connectivity index (χ1n) is 5.34. The van der Waals surface area contributed by atoms with Crippen LogP contribution in [0.2, 0.25) is 0 Å². The highest BCUT2D eigenvalue weighted by Gasteiger charge is 2.39. The van der Waals surface area contributed by atoms with E-state index in [-0.39, 0.29) is 4.99 Å². The van der Waals surface area contributed by atoms with Gasteiger partial charge in [-0.15, -0.1) is 0 Å². The predicted molar refractivity (Wildman–Crippen MR) is 68.3 cm³/mol. The minimum absolute atomic E-state index is 0.234. The van der Waals surface area contributed by atoms with Crippen molar-refractivity contribution in [2.75, 3.05) is 7.05 Å². The second kappa shape index (κ2) is 4.95. The molecule has 4 N–H and O–H groups in total. The zero-order chi connectivity index (χ0) is 12.4. The summed E-state index contributed by atoms with van der Waals surface area (Å²) in [4.78, 5) is 0.234. The number of nitrogens with two attached hydrogens (primary N) is 1. The lowest BCUT2D eigenvalue weighted by Crippen LogP contribution is -2.60. The van der Waals surface area contributed by atoms with Crippen LogP contribution in [0, 0.1) is 5.92 Å². The molecule has 1 rings (SSSR count). The Kier molecular flexibility index (Phi) is 4.28. The van der Waals surface area contributed by atoms with Crippen molar-refractivity contribution in [2.24, 2.45) is 11.7 Å². The molecule has 1 aliphatic carbocycles. The number of rotatable bonds is 4. The molecule has 0 aliphatic heterocycles. The molecule has 0 saturated heterocycles. The average molecular weight is 265 g/mol. The SMILES string of the molecule is CNS(=O)(=O)NC1(C(N)=S)CCC(C)CC1. The lowest BCUT2D eigenvalue weighted by molar-refractivity contribution is 0.288. The summed E-state index contributed by atoms with van der Waals surface area (Å²) in [6.45, 7) is 2.15. The van der Waals surface area contributed by atoms with Crippen molar-refractivity contribution >= 4 is 27.4 Å². The quantitative estimate of drug-likeness (QED) is 0.637. The molecule has 0 bridgehead atoms. The van der Waals surface area contributed by atoms with Gasteiger partial charge in [0.05, 0.1) is 10.5 Å². The topological polar surface area (TPSA) is 84.2 Å². The molecule has 0 aromatic carbocycles. The number of nitrogens with one attached hydrogen (secondary N) is 2. The van der Waals surface area contributed by atoms with Gasteiger partial charge in [0.2, 0.25) is 0 Å². The van der Waals surface area contributed by atoms with Crippen LogP contribution in [0.15, 0.2) is 0 Å². The van der Waals surface area contributed by atoms with Crippen molar-refractivity contribution in [3.63, 3.8) is 0 Å². The van der Waals surface area contributed by atoms with E-state index in [9.17, 15) is 8.42 Å². The summed E-state index contributed by atoms with van der Waals surface area (Å²) in [5, 5.41) is 0. The lowest BCUT2D eigenvalue weighted by Gasteiger charge is -2.38. The number of hydrogen-bond donors (Lipinski definition) is 3. The molecule has 7 heteroatoms. The Morgan fingerprint density at radius 3 is 2.31 bits per heavy atom. The Morgan fingerprint density at radius 2 is 1.94 bits per heavy atom. The van der Waals surface area contributed by atoms with E-state index in [1.807, 2.05) is 0 Å². The van der Waals surface area contributed by atoms with Gasteiger partial charge in [0.1, 0.15) is 0 Å². The fourth-order valence-corrected chi connectivity index (χ4v) is 3.21. The fraction of sp³-hybridized carbons (Fsp3) is 0.889. The zero-order valence-electron chi connectivity index (χ0n) is 9.62. The van der Waals surface area contributed by atoms with E-state index >= 15 is 0 Å². The predicted octanol–water partition coefficient (Wildman–Crippen LogP) is 0.275. The molecule has 5 nitrogen and oxygen atoms in total. The molecular weight excluding hydrogens is 246 g/mol. The summed E-state index contributed by atoms with van der Waals surface area (Å²) in [7, 11) is -2.15. The fourth-order valence-electron chi connectivity index (χ4n) is 1.96. The molecule has 0 heterocycles. The zero-order valence-corrected chi connectivity index (χ0v) is 11.2. The van der Waals surface area contributed by atoms with Crippen LogP contribution >= 0.6 is 12.2 Å². The van der Waals surface area contributed by atoms with Gasteiger partial charge in [-0.25, -0.2) is 4.72 Å². The molecule has 1 aliphatic rings. The third kappa shape index (κ3) is 3.13. The van der Waals surface area contributed by atoms with Gasteiger partial charge in [0, 0.05) is 7.05 Å². The van der Waals surface area contributed by atoms with Gasteiger partial charge in [-0.05, 0) is 31.6 Å². The van der Waals surface area contributed by atoms with Crippen LogP contribution in [-0.4, -0.2) is 26.0 Å². The van der Waals surface area contributed by atoms with Gasteiger partial charge in [-0.2, -0.15) is 13.1 Å². The summed E-state index contributed by atoms with van der Waals surface area (Å²) >= 11 is 5.01. The van der Waals surface area contributed by atoms with Crippen LogP contribution in [0.4, 0.5) is 0 Å². The molecule has 0 spiro atoms. The van der Waals surface area contributed by atoms with Crippen molar-refractivity contribution in [3.05, 3.63) is 0 Å². The highest BCUT2D eigenvalue weighted by Crippen LogP contribution is 2.32. The third-order valence-corrected chi connectivity index (χ3v) is 4.79. The highest BCUT2D eigenvalue weighted by molar-refractivity contribution is 7.87. The van der Waals surface area contributed by atoms with Crippen molar-refractivity contribution in [2.45, 2.75) is 38.1 Å². The van der Waals surface area contributed by atoms with Crippen LogP contribution in [0.5, 0.6) is 0 Å². The Morgan fingerprint density at radius 1 is 1.44 bits per heavy atom. The molecular formula is C9H19N3O2S2. The van der Waals surface area contributed by atoms with E-state index in [2.05, 4.69) is 16.4 Å². The van der Waals surface area contributed by atoms with Crippen LogP contribution in [-0.2, 0) is 10.2 Å². The van der Waals surface area contributed by atoms with Crippen molar-refractivity contribution < 1.29 is 8.42 Å². The summed E-state index contributed by atoms with van der Waals surface area (Å²) < 4.78 is 27.8. The molecule has 0 atom stereocenters. The number of hydrogen-bond acceptors (Lipinski definition) is 3. The Bertz CT molecular complexity index is 359. The van der Waals surface area contributed by atoms with Crippen molar-refractivity contribution in [3.8, 4) is 0 Å². The Labute approximate surface area is 102 Å². The minimum atomic E-state index is -3.51. The maximum atomic E-state index is 11.5. The summed E-state index contributed by atoms with van der Waals surface area (Å²) in [5.41, 5.74) is 4.94. The van der Waals surface area contributed by atoms with Crippen LogP contribution in [0.3, 0.4) is 0 Å². The van der Waals surface area contributed by atoms with Crippen molar-refractivity contribution in [1.29, 1.82) is 0 Å². The maximum Gasteiger partial charge on any atom is 0.277 e. The van der Waals surface area contributed by atoms with Gasteiger partial charge < -0.3 is 5.73 Å². The second-order valence-electron chi connectivity index (χ2n) is 4.44. The molecule has 0 radical (unpaired) electrons. The van der Waals surface area contributed by atoms with Gasteiger partial charge in [-0.3, -0.25) is 0 Å². The molecule has 94 valence electrons. The van der Waals surface area contributed by atoms with E-state index in [4.69, 9.17) is 18.0 Å². The van der Waals surface area contributed by atoms with E-state index in [1.54, 1.807) is 0 Å². The Hall–Kier alpha value is -0.240. The van der Waals surface area contributed by atoms with Crippen molar-refractivity contribution in [1.82, 2.24) is 9.44 Å². The van der Waals surface area contributed by atoms with Crippen LogP contribution in [0.25, 0.3) is 0 Å². The maximum absolute atomic E-state index is 11.5. The first-order valence-corrected chi connectivity index (χ1v) is 7.23. The smallest absolute Gasteiger partial charge is 0.277 e. The average Bonchev–Trinajstić information content (AvgIpc) is 2.21. The summed E-state index contributed by atoms with van der Waals surface area (Å²) in [5.74, 6) is 0.599. The third-order valence-electron chi connectivity index (χ3n) is 3.20. The van der Waals surface area contributed by atoms with Crippen LogP contribution < -0.4 is 15.2 Å². The van der Waals surface area contributed by atoms with E-state index in [1.165, 1.54) is 7.05 Å². The second-order valence-corrected chi connectivity index (χ2v) is 6.50. The van der Waals surface area contributed by atoms with E-state index in [0.29, 0.717) is 18.8 Å². The molecule has 0 aromatic heterocycles. The molecule has 1 saturated carbocycles. The largest absolute Gasteiger partial charge is 0.392 e. The van der Waals surface area contributed by atoms with E-state index < -0.39 is 15.7 Å². The molecule has 0 aromatic rings. The summed E-state index contributed by atoms with van der Waals surface area (Å²) in [6, 6.07) is 0. The van der Waals surface area contributed by atoms with E-state index in [0.717, 1.165) is 12.8 Å². The molecule has 0 unspecified atom stereocenters. The molecule has 0 amide bonds. The minimum Gasteiger partial charge on any atom is -0.392 e. The summed E-state index contributed by atoms with van der Waals surface area (Å²) in [6.07, 6.45) is 3.21. The normalized spacial score (nSPS) is 31.2. The van der Waals surface area contributed by atoms with Gasteiger partial charge >= 0.3 is 0 Å². The molecule has 1 fully saturated rings. The monoisotopic (exact) mass is 265 g/mol. The van der Waals surface area contributed by atoms with Gasteiger partial charge in [0.25, 0.3) is 10.2 Å². The van der Waals surface area contributed by atoms with Crippen LogP contribution in [0.1, 0.15) is 32.6 Å². The van der Waals surface area contributed by atoms with Gasteiger partial charge in [-0.1, -0.05) is 19.1 Å². The first-order chi connectivity index (χ1) is 7.31. The lowest BCUT2D eigenvalue weighted by atomic mass is 9.78. The standard InChI is InChI=1S/C9H19N3O2S2/c1-7-3-5-9(6-4-7,8(10)15)12-16(13,14)11-2/h7,11-12H,3-6H2,1-2H3,(H2,10,15). The van der Waals surface area contributed by atoms with Gasteiger partial charge in [0.15, 0.2) is 0 Å².